The molecule has 3 nitrogen and oxygen atoms in total. The predicted octanol–water partition coefficient (Wildman–Crippen LogP) is 4.99. The third kappa shape index (κ3) is 2.14. The molecule has 0 aliphatic carbocycles. The van der Waals surface area contributed by atoms with Crippen LogP contribution in [0.3, 0.4) is 0 Å². The van der Waals surface area contributed by atoms with E-state index in [9.17, 15) is 0 Å². The fourth-order valence-corrected chi connectivity index (χ4v) is 4.18. The topological polar surface area (TPSA) is 24.8 Å². The van der Waals surface area contributed by atoms with Crippen molar-refractivity contribution in [1.29, 1.82) is 0 Å². The minimum atomic E-state index is -0.177. The van der Waals surface area contributed by atoms with Gasteiger partial charge in [0.1, 0.15) is 5.75 Å². The van der Waals surface area contributed by atoms with Gasteiger partial charge in [0.2, 0.25) is 6.23 Å². The van der Waals surface area contributed by atoms with Crippen LogP contribution in [0.15, 0.2) is 77.2 Å². The summed E-state index contributed by atoms with van der Waals surface area (Å²) in [7, 11) is 0. The maximum Gasteiger partial charge on any atom is 0.213 e. The van der Waals surface area contributed by atoms with E-state index >= 15 is 0 Å². The number of benzene rings is 2. The van der Waals surface area contributed by atoms with Crippen LogP contribution in [0.1, 0.15) is 34.7 Å². The van der Waals surface area contributed by atoms with Crippen molar-refractivity contribution in [3.8, 4) is 5.75 Å². The van der Waals surface area contributed by atoms with E-state index in [2.05, 4.69) is 52.9 Å². The van der Waals surface area contributed by atoms with Gasteiger partial charge in [0.15, 0.2) is 0 Å². The molecule has 2 aromatic carbocycles. The molecule has 2 aliphatic rings. The Hall–Kier alpha value is -2.59. The molecule has 1 aromatic heterocycles. The lowest BCUT2D eigenvalue weighted by Gasteiger charge is -2.38. The van der Waals surface area contributed by atoms with E-state index in [0.717, 1.165) is 23.4 Å². The second-order valence-electron chi connectivity index (χ2n) is 6.04. The molecule has 24 heavy (non-hydrogen) atoms. The Kier molecular flexibility index (Phi) is 3.16. The van der Waals surface area contributed by atoms with Crippen LogP contribution >= 0.6 is 11.3 Å². The van der Waals surface area contributed by atoms with Crippen molar-refractivity contribution in [3.05, 3.63) is 88.1 Å². The molecule has 0 bridgehead atoms. The average molecular weight is 332 g/mol. The van der Waals surface area contributed by atoms with Gasteiger partial charge in [-0.25, -0.2) is 5.01 Å². The Morgan fingerprint density at radius 1 is 0.958 bits per heavy atom. The summed E-state index contributed by atoms with van der Waals surface area (Å²) in [4.78, 5) is 1.24. The van der Waals surface area contributed by atoms with Gasteiger partial charge in [-0.3, -0.25) is 0 Å². The zero-order valence-electron chi connectivity index (χ0n) is 13.0. The molecule has 0 fully saturated rings. The van der Waals surface area contributed by atoms with Crippen LogP contribution in [0.5, 0.6) is 5.75 Å². The first-order chi connectivity index (χ1) is 11.9. The van der Waals surface area contributed by atoms with E-state index in [4.69, 9.17) is 9.84 Å². The third-order valence-electron chi connectivity index (χ3n) is 4.59. The summed E-state index contributed by atoms with van der Waals surface area (Å²) >= 11 is 1.75. The van der Waals surface area contributed by atoms with Gasteiger partial charge in [-0.15, -0.1) is 11.3 Å². The highest BCUT2D eigenvalue weighted by atomic mass is 32.1. The summed E-state index contributed by atoms with van der Waals surface area (Å²) in [6, 6.07) is 23.1. The zero-order chi connectivity index (χ0) is 15.9. The molecule has 0 saturated carbocycles. The van der Waals surface area contributed by atoms with E-state index in [1.54, 1.807) is 11.3 Å². The first-order valence-corrected chi connectivity index (χ1v) is 8.98. The minimum Gasteiger partial charge on any atom is -0.464 e. The van der Waals surface area contributed by atoms with Crippen LogP contribution in [0.2, 0.25) is 0 Å². The molecule has 0 saturated heterocycles. The van der Waals surface area contributed by atoms with Crippen LogP contribution in [0.4, 0.5) is 0 Å². The molecule has 2 aliphatic heterocycles. The number of hydrogen-bond acceptors (Lipinski definition) is 4. The highest BCUT2D eigenvalue weighted by Crippen LogP contribution is 2.47. The number of nitrogens with zero attached hydrogens (tertiary/aromatic N) is 2. The number of ether oxygens (including phenoxy) is 1. The molecule has 5 rings (SSSR count). The lowest BCUT2D eigenvalue weighted by molar-refractivity contribution is -0.0190. The average Bonchev–Trinajstić information content (AvgIpc) is 3.31. The number of para-hydroxylation sites is 1. The maximum absolute atomic E-state index is 6.32. The zero-order valence-corrected chi connectivity index (χ0v) is 13.8. The molecule has 118 valence electrons. The molecule has 0 amide bonds. The highest BCUT2D eigenvalue weighted by molar-refractivity contribution is 7.12. The molecule has 3 aromatic rings. The maximum atomic E-state index is 6.32. The second-order valence-corrected chi connectivity index (χ2v) is 6.99. The van der Waals surface area contributed by atoms with Gasteiger partial charge >= 0.3 is 0 Å². The van der Waals surface area contributed by atoms with Crippen LogP contribution in [0.25, 0.3) is 0 Å². The Balaban J connectivity index is 1.62. The van der Waals surface area contributed by atoms with Crippen LogP contribution < -0.4 is 4.74 Å². The van der Waals surface area contributed by atoms with Gasteiger partial charge in [-0.2, -0.15) is 5.10 Å². The van der Waals surface area contributed by atoms with Gasteiger partial charge in [-0.05, 0) is 17.5 Å². The monoisotopic (exact) mass is 332 g/mol. The van der Waals surface area contributed by atoms with Gasteiger partial charge in [0.25, 0.3) is 0 Å². The van der Waals surface area contributed by atoms with Crippen molar-refractivity contribution < 1.29 is 4.74 Å². The first kappa shape index (κ1) is 13.8. The number of rotatable bonds is 2. The Morgan fingerprint density at radius 2 is 1.79 bits per heavy atom. The molecule has 4 heteroatoms. The van der Waals surface area contributed by atoms with Gasteiger partial charge < -0.3 is 4.74 Å². The summed E-state index contributed by atoms with van der Waals surface area (Å²) in [6.07, 6.45) is 0.744. The van der Waals surface area contributed by atoms with Crippen LogP contribution in [0, 0.1) is 0 Å². The van der Waals surface area contributed by atoms with Crippen molar-refractivity contribution in [2.75, 3.05) is 0 Å². The summed E-state index contributed by atoms with van der Waals surface area (Å²) in [5, 5.41) is 9.18. The smallest absolute Gasteiger partial charge is 0.213 e. The summed E-state index contributed by atoms with van der Waals surface area (Å²) < 4.78 is 6.32. The second kappa shape index (κ2) is 5.49. The van der Waals surface area contributed by atoms with Crippen LogP contribution in [-0.2, 0) is 0 Å². The van der Waals surface area contributed by atoms with E-state index in [-0.39, 0.29) is 12.3 Å². The van der Waals surface area contributed by atoms with E-state index in [0.29, 0.717) is 0 Å². The standard InChI is InChI=1S/C20H16N2OS/c1-2-7-14(8-3-1)20-22-17(15-9-4-5-10-18(15)23-20)13-16(21-22)19-11-6-12-24-19/h1-12,17,20H,13H2/t17-,20-/m0/s1. The summed E-state index contributed by atoms with van der Waals surface area (Å²) in [6.45, 7) is 0. The fraction of sp³-hybridized carbons (Fsp3) is 0.150. The van der Waals surface area contributed by atoms with Crippen molar-refractivity contribution >= 4 is 17.0 Å². The Labute approximate surface area is 144 Å². The van der Waals surface area contributed by atoms with E-state index in [1.807, 2.05) is 24.3 Å². The lowest BCUT2D eigenvalue weighted by Crippen LogP contribution is -2.33. The lowest BCUT2D eigenvalue weighted by atomic mass is 9.98. The summed E-state index contributed by atoms with van der Waals surface area (Å²) in [5.74, 6) is 0.968. The SMILES string of the molecule is c1ccc([C@@H]2Oc3ccccc3[C@@H]3CC(c4cccs4)=NN32)cc1. The van der Waals surface area contributed by atoms with Crippen LogP contribution in [-0.4, -0.2) is 10.7 Å². The molecular weight excluding hydrogens is 316 g/mol. The summed E-state index contributed by atoms with van der Waals surface area (Å²) in [5.41, 5.74) is 3.50. The molecule has 0 radical (unpaired) electrons. The highest BCUT2D eigenvalue weighted by Gasteiger charge is 2.40. The van der Waals surface area contributed by atoms with Gasteiger partial charge in [0.05, 0.1) is 16.6 Å². The number of fused-ring (bicyclic) bond motifs is 3. The molecule has 0 spiro atoms. The normalized spacial score (nSPS) is 21.7. The van der Waals surface area contributed by atoms with E-state index < -0.39 is 0 Å². The van der Waals surface area contributed by atoms with Crippen molar-refractivity contribution in [1.82, 2.24) is 5.01 Å². The van der Waals surface area contributed by atoms with Crippen molar-refractivity contribution in [3.63, 3.8) is 0 Å². The largest absolute Gasteiger partial charge is 0.464 e. The third-order valence-corrected chi connectivity index (χ3v) is 5.51. The molecule has 2 atom stereocenters. The Morgan fingerprint density at radius 3 is 2.62 bits per heavy atom. The van der Waals surface area contributed by atoms with Gasteiger partial charge in [0, 0.05) is 17.5 Å². The molecule has 0 N–H and O–H groups in total. The number of hydrazone groups is 1. The molecule has 0 unspecified atom stereocenters. The first-order valence-electron chi connectivity index (χ1n) is 8.10. The molecule has 3 heterocycles. The van der Waals surface area contributed by atoms with Crippen molar-refractivity contribution in [2.24, 2.45) is 5.10 Å². The van der Waals surface area contributed by atoms with Crippen molar-refractivity contribution in [2.45, 2.75) is 18.7 Å². The number of thiophene rings is 1. The quantitative estimate of drug-likeness (QED) is 0.660. The minimum absolute atomic E-state index is 0.177. The fourth-order valence-electron chi connectivity index (χ4n) is 3.46. The Bertz CT molecular complexity index is 889. The van der Waals surface area contributed by atoms with Gasteiger partial charge in [-0.1, -0.05) is 54.6 Å². The predicted molar refractivity (Wildman–Crippen MR) is 96.3 cm³/mol. The number of hydrogen-bond donors (Lipinski definition) is 0. The molecular formula is C20H16N2OS. The van der Waals surface area contributed by atoms with E-state index in [1.165, 1.54) is 10.4 Å².